The first-order valence-electron chi connectivity index (χ1n) is 6.30. The van der Waals surface area contributed by atoms with Gasteiger partial charge >= 0.3 is 0 Å². The fraction of sp³-hybridized carbons (Fsp3) is 0.583. The fourth-order valence-electron chi connectivity index (χ4n) is 1.48. The molecule has 1 amide bonds. The number of carbonyl (C=O) groups excluding carboxylic acids is 1. The average Bonchev–Trinajstić information content (AvgIpc) is 2.42. The highest BCUT2D eigenvalue weighted by molar-refractivity contribution is 6.32. The van der Waals surface area contributed by atoms with Crippen LogP contribution in [0, 0.1) is 0 Å². The first kappa shape index (κ1) is 16.5. The first-order chi connectivity index (χ1) is 9.45. The van der Waals surface area contributed by atoms with Crippen molar-refractivity contribution in [2.75, 3.05) is 39.5 Å². The van der Waals surface area contributed by atoms with Crippen molar-refractivity contribution in [3.05, 3.63) is 21.6 Å². The summed E-state index contributed by atoms with van der Waals surface area (Å²) < 4.78 is 1.33. The van der Waals surface area contributed by atoms with Crippen LogP contribution in [-0.4, -0.2) is 54.8 Å². The van der Waals surface area contributed by atoms with Gasteiger partial charge in [-0.3, -0.25) is 9.59 Å². The molecule has 112 valence electrons. The van der Waals surface area contributed by atoms with E-state index in [1.165, 1.54) is 10.9 Å². The van der Waals surface area contributed by atoms with Gasteiger partial charge in [0.15, 0.2) is 0 Å². The van der Waals surface area contributed by atoms with Gasteiger partial charge in [-0.1, -0.05) is 11.6 Å². The van der Waals surface area contributed by atoms with Crippen molar-refractivity contribution in [1.82, 2.24) is 20.0 Å². The second-order valence-corrected chi connectivity index (χ2v) is 4.93. The van der Waals surface area contributed by atoms with Crippen LogP contribution in [0.2, 0.25) is 5.02 Å². The molecule has 0 atom stereocenters. The van der Waals surface area contributed by atoms with Gasteiger partial charge in [0.05, 0.1) is 18.4 Å². The van der Waals surface area contributed by atoms with Crippen molar-refractivity contribution >= 4 is 23.2 Å². The van der Waals surface area contributed by atoms with Crippen molar-refractivity contribution in [2.24, 2.45) is 0 Å². The Hall–Kier alpha value is -1.60. The van der Waals surface area contributed by atoms with E-state index in [-0.39, 0.29) is 16.5 Å². The van der Waals surface area contributed by atoms with Gasteiger partial charge in [0.1, 0.15) is 5.02 Å². The van der Waals surface area contributed by atoms with E-state index in [1.54, 1.807) is 7.05 Å². The molecule has 0 spiro atoms. The molecule has 0 bridgehead atoms. The minimum atomic E-state index is -0.335. The van der Waals surface area contributed by atoms with Crippen molar-refractivity contribution in [2.45, 2.75) is 13.0 Å². The lowest BCUT2D eigenvalue weighted by atomic mass is 10.3. The fourth-order valence-corrected chi connectivity index (χ4v) is 1.69. The van der Waals surface area contributed by atoms with Crippen LogP contribution in [0.3, 0.4) is 0 Å². The lowest BCUT2D eigenvalue weighted by molar-refractivity contribution is -0.120. The number of hydrogen-bond donors (Lipinski definition) is 2. The summed E-state index contributed by atoms with van der Waals surface area (Å²) >= 11 is 6.01. The second-order valence-electron chi connectivity index (χ2n) is 4.55. The molecule has 0 aliphatic heterocycles. The van der Waals surface area contributed by atoms with E-state index in [0.29, 0.717) is 31.7 Å². The number of halogens is 1. The third kappa shape index (κ3) is 4.82. The highest BCUT2D eigenvalue weighted by Gasteiger charge is 2.09. The molecule has 1 rings (SSSR count). The molecule has 7 nitrogen and oxygen atoms in total. The van der Waals surface area contributed by atoms with E-state index in [0.717, 1.165) is 0 Å². The third-order valence-electron chi connectivity index (χ3n) is 2.69. The van der Waals surface area contributed by atoms with Crippen LogP contribution in [0.25, 0.3) is 0 Å². The number of aromatic nitrogens is 2. The largest absolute Gasteiger partial charge is 0.382 e. The highest BCUT2D eigenvalue weighted by atomic mass is 35.5. The Balaban J connectivity index is 2.69. The topological polar surface area (TPSA) is 79.3 Å². The van der Waals surface area contributed by atoms with E-state index in [1.807, 2.05) is 19.0 Å². The molecule has 0 aliphatic rings. The maximum atomic E-state index is 12.0. The summed E-state index contributed by atoms with van der Waals surface area (Å²) in [5.74, 6) is -0.0825. The highest BCUT2D eigenvalue weighted by Crippen LogP contribution is 2.14. The number of nitrogens with one attached hydrogen (secondary N) is 2. The van der Waals surface area contributed by atoms with Crippen LogP contribution in [-0.2, 0) is 11.3 Å². The zero-order valence-electron chi connectivity index (χ0n) is 11.9. The van der Waals surface area contributed by atoms with Gasteiger partial charge in [0, 0.05) is 26.6 Å². The maximum Gasteiger partial charge on any atom is 0.287 e. The van der Waals surface area contributed by atoms with Crippen LogP contribution in [0.1, 0.15) is 6.42 Å². The minimum absolute atomic E-state index is 0.0825. The van der Waals surface area contributed by atoms with Crippen molar-refractivity contribution in [1.29, 1.82) is 0 Å². The Labute approximate surface area is 122 Å². The van der Waals surface area contributed by atoms with Crippen LogP contribution in [0.15, 0.2) is 11.0 Å². The molecule has 0 radical (unpaired) electrons. The zero-order valence-corrected chi connectivity index (χ0v) is 12.7. The molecule has 0 aliphatic carbocycles. The van der Waals surface area contributed by atoms with E-state index in [2.05, 4.69) is 15.7 Å². The predicted molar refractivity (Wildman–Crippen MR) is 79.2 cm³/mol. The third-order valence-corrected chi connectivity index (χ3v) is 3.06. The van der Waals surface area contributed by atoms with Gasteiger partial charge in [-0.25, -0.2) is 4.68 Å². The molecule has 1 aromatic heterocycles. The van der Waals surface area contributed by atoms with Gasteiger partial charge in [0.2, 0.25) is 5.91 Å². The standard InChI is InChI=1S/C12H20ClN5O2/c1-14-10(19)4-5-15-9-8-16-18(7-6-17(2)3)12(20)11(9)13/h8,15H,4-7H2,1-3H3,(H,14,19). The number of rotatable bonds is 7. The number of anilines is 1. The van der Waals surface area contributed by atoms with Gasteiger partial charge in [-0.2, -0.15) is 5.10 Å². The molecule has 1 heterocycles. The number of likely N-dealkylation sites (N-methyl/N-ethyl adjacent to an activating group) is 1. The molecule has 1 aromatic rings. The predicted octanol–water partition coefficient (Wildman–Crippen LogP) is 0.00630. The molecule has 0 fully saturated rings. The molecule has 0 unspecified atom stereocenters. The molecule has 2 N–H and O–H groups in total. The summed E-state index contributed by atoms with van der Waals surface area (Å²) in [5, 5.41) is 9.60. The number of hydrogen-bond acceptors (Lipinski definition) is 5. The Kier molecular flexibility index (Phi) is 6.47. The van der Waals surface area contributed by atoms with Crippen LogP contribution >= 0.6 is 11.6 Å². The lowest BCUT2D eigenvalue weighted by Gasteiger charge is -2.12. The SMILES string of the molecule is CNC(=O)CCNc1cnn(CCN(C)C)c(=O)c1Cl. The number of carbonyl (C=O) groups is 1. The Bertz CT molecular complexity index is 515. The van der Waals surface area contributed by atoms with Crippen LogP contribution in [0.4, 0.5) is 5.69 Å². The molecule has 20 heavy (non-hydrogen) atoms. The summed E-state index contributed by atoms with van der Waals surface area (Å²) in [5.41, 5.74) is 0.111. The van der Waals surface area contributed by atoms with E-state index < -0.39 is 0 Å². The summed E-state index contributed by atoms with van der Waals surface area (Å²) in [7, 11) is 5.41. The number of amides is 1. The quantitative estimate of drug-likeness (QED) is 0.741. The molecular weight excluding hydrogens is 282 g/mol. The summed E-state index contributed by atoms with van der Waals surface area (Å²) in [6.45, 7) is 1.57. The Morgan fingerprint density at radius 1 is 1.50 bits per heavy atom. The van der Waals surface area contributed by atoms with E-state index in [4.69, 9.17) is 11.6 Å². The first-order valence-corrected chi connectivity index (χ1v) is 6.68. The minimum Gasteiger partial charge on any atom is -0.382 e. The average molecular weight is 302 g/mol. The maximum absolute atomic E-state index is 12.0. The smallest absolute Gasteiger partial charge is 0.287 e. The lowest BCUT2D eigenvalue weighted by Crippen LogP contribution is -2.29. The molecule has 8 heteroatoms. The molecule has 0 saturated carbocycles. The zero-order chi connectivity index (χ0) is 15.1. The van der Waals surface area contributed by atoms with Gasteiger partial charge in [-0.15, -0.1) is 0 Å². The number of nitrogens with zero attached hydrogens (tertiary/aromatic N) is 3. The summed E-state index contributed by atoms with van der Waals surface area (Å²) in [6.07, 6.45) is 1.81. The van der Waals surface area contributed by atoms with Gasteiger partial charge in [0.25, 0.3) is 5.56 Å². The van der Waals surface area contributed by atoms with Gasteiger partial charge < -0.3 is 15.5 Å². The Morgan fingerprint density at radius 2 is 2.20 bits per heavy atom. The van der Waals surface area contributed by atoms with Crippen molar-refractivity contribution in [3.8, 4) is 0 Å². The summed E-state index contributed by atoms with van der Waals surface area (Å²) in [6, 6.07) is 0. The van der Waals surface area contributed by atoms with Crippen molar-refractivity contribution in [3.63, 3.8) is 0 Å². The second kappa shape index (κ2) is 7.86. The van der Waals surface area contributed by atoms with Crippen molar-refractivity contribution < 1.29 is 4.79 Å². The summed E-state index contributed by atoms with van der Waals surface area (Å²) in [4.78, 5) is 25.0. The molecule has 0 aromatic carbocycles. The monoisotopic (exact) mass is 301 g/mol. The van der Waals surface area contributed by atoms with E-state index >= 15 is 0 Å². The van der Waals surface area contributed by atoms with Crippen LogP contribution < -0.4 is 16.2 Å². The van der Waals surface area contributed by atoms with E-state index in [9.17, 15) is 9.59 Å². The Morgan fingerprint density at radius 3 is 2.80 bits per heavy atom. The van der Waals surface area contributed by atoms with Gasteiger partial charge in [-0.05, 0) is 14.1 Å². The normalized spacial score (nSPS) is 10.7. The molecular formula is C12H20ClN5O2. The van der Waals surface area contributed by atoms with Crippen LogP contribution in [0.5, 0.6) is 0 Å². The molecule has 0 saturated heterocycles.